The highest BCUT2D eigenvalue weighted by atomic mass is 32.1. The molecule has 3 rings (SSSR count). The largest absolute Gasteiger partial charge is 0.384 e. The molecule has 4 nitrogen and oxygen atoms in total. The lowest BCUT2D eigenvalue weighted by molar-refractivity contribution is 0.202. The van der Waals surface area contributed by atoms with Gasteiger partial charge in [0.15, 0.2) is 4.96 Å². The number of hydrogen-bond donors (Lipinski definition) is 1. The Balaban J connectivity index is 1.78. The number of methoxy groups -OCH3 is 1. The van der Waals surface area contributed by atoms with Gasteiger partial charge in [0.1, 0.15) is 0 Å². The molecular weight excluding hydrogens is 282 g/mol. The average molecular weight is 301 g/mol. The minimum absolute atomic E-state index is 0.735. The molecule has 2 heterocycles. The molecule has 0 unspecified atom stereocenters. The zero-order chi connectivity index (χ0) is 14.7. The third kappa shape index (κ3) is 2.94. The Morgan fingerprint density at radius 1 is 1.33 bits per heavy atom. The average Bonchev–Trinajstić information content (AvgIpc) is 3.05. The third-order valence-corrected chi connectivity index (χ3v) is 4.36. The van der Waals surface area contributed by atoms with E-state index in [0.29, 0.717) is 0 Å². The molecule has 110 valence electrons. The zero-order valence-electron chi connectivity index (χ0n) is 12.3. The summed E-state index contributed by atoms with van der Waals surface area (Å²) in [6.07, 6.45) is 2.99. The van der Waals surface area contributed by atoms with E-state index in [1.54, 1.807) is 18.4 Å². The Kier molecular flexibility index (Phi) is 4.22. The van der Waals surface area contributed by atoms with Crippen LogP contribution in [0.25, 0.3) is 4.96 Å². The molecule has 0 amide bonds. The van der Waals surface area contributed by atoms with Crippen molar-refractivity contribution in [3.8, 4) is 0 Å². The van der Waals surface area contributed by atoms with E-state index in [1.807, 2.05) is 0 Å². The number of rotatable bonds is 6. The predicted molar refractivity (Wildman–Crippen MR) is 87.2 cm³/mol. The van der Waals surface area contributed by atoms with Crippen LogP contribution < -0.4 is 5.32 Å². The SMILES string of the molecule is COCCc1ccccc1NCc1c(C)nc2sccn12. The maximum absolute atomic E-state index is 5.18. The number of fused-ring (bicyclic) bond motifs is 1. The van der Waals surface area contributed by atoms with Gasteiger partial charge in [-0.3, -0.25) is 4.40 Å². The molecule has 0 atom stereocenters. The molecule has 0 bridgehead atoms. The van der Waals surface area contributed by atoms with Crippen LogP contribution in [-0.2, 0) is 17.7 Å². The molecule has 0 aliphatic heterocycles. The van der Waals surface area contributed by atoms with Gasteiger partial charge in [0, 0.05) is 24.4 Å². The van der Waals surface area contributed by atoms with Crippen molar-refractivity contribution >= 4 is 22.0 Å². The lowest BCUT2D eigenvalue weighted by atomic mass is 10.1. The Morgan fingerprint density at radius 3 is 3.05 bits per heavy atom. The molecule has 1 aromatic carbocycles. The van der Waals surface area contributed by atoms with E-state index < -0.39 is 0 Å². The summed E-state index contributed by atoms with van der Waals surface area (Å²) in [4.78, 5) is 5.63. The van der Waals surface area contributed by atoms with Crippen molar-refractivity contribution in [3.05, 3.63) is 52.8 Å². The zero-order valence-corrected chi connectivity index (χ0v) is 13.1. The predicted octanol–water partition coefficient (Wildman–Crippen LogP) is 3.51. The summed E-state index contributed by atoms with van der Waals surface area (Å²) in [6.45, 7) is 3.57. The molecule has 0 fully saturated rings. The van der Waals surface area contributed by atoms with Crippen LogP contribution in [0.15, 0.2) is 35.8 Å². The van der Waals surface area contributed by atoms with E-state index in [-0.39, 0.29) is 0 Å². The van der Waals surface area contributed by atoms with Gasteiger partial charge in [0.2, 0.25) is 0 Å². The Hall–Kier alpha value is -1.85. The molecule has 1 N–H and O–H groups in total. The fourth-order valence-corrected chi connectivity index (χ4v) is 3.23. The summed E-state index contributed by atoms with van der Waals surface area (Å²) in [6, 6.07) is 8.39. The summed E-state index contributed by atoms with van der Waals surface area (Å²) in [7, 11) is 1.74. The lowest BCUT2D eigenvalue weighted by Crippen LogP contribution is -2.06. The van der Waals surface area contributed by atoms with Gasteiger partial charge in [-0.1, -0.05) is 18.2 Å². The number of anilines is 1. The van der Waals surface area contributed by atoms with Crippen LogP contribution in [0.1, 0.15) is 17.0 Å². The molecule has 0 radical (unpaired) electrons. The van der Waals surface area contributed by atoms with Crippen LogP contribution in [0.2, 0.25) is 0 Å². The number of imidazole rings is 1. The van der Waals surface area contributed by atoms with Crippen molar-refractivity contribution in [2.75, 3.05) is 19.0 Å². The Labute approximate surface area is 128 Å². The van der Waals surface area contributed by atoms with Crippen molar-refractivity contribution in [3.63, 3.8) is 0 Å². The van der Waals surface area contributed by atoms with Crippen molar-refractivity contribution in [1.82, 2.24) is 9.38 Å². The number of benzene rings is 1. The summed E-state index contributed by atoms with van der Waals surface area (Å²) in [5.74, 6) is 0. The first-order valence-electron chi connectivity index (χ1n) is 7.01. The first-order chi connectivity index (χ1) is 10.3. The topological polar surface area (TPSA) is 38.6 Å². The van der Waals surface area contributed by atoms with Crippen LogP contribution in [-0.4, -0.2) is 23.1 Å². The number of thiazole rings is 1. The van der Waals surface area contributed by atoms with Gasteiger partial charge >= 0.3 is 0 Å². The molecule has 0 spiro atoms. The van der Waals surface area contributed by atoms with Gasteiger partial charge in [-0.05, 0) is 25.0 Å². The number of aromatic nitrogens is 2. The highest BCUT2D eigenvalue weighted by molar-refractivity contribution is 7.15. The highest BCUT2D eigenvalue weighted by Crippen LogP contribution is 2.20. The molecule has 0 saturated carbocycles. The normalized spacial score (nSPS) is 11.1. The molecule has 5 heteroatoms. The van der Waals surface area contributed by atoms with E-state index in [0.717, 1.165) is 30.2 Å². The van der Waals surface area contributed by atoms with Crippen molar-refractivity contribution in [2.24, 2.45) is 0 Å². The number of nitrogens with one attached hydrogen (secondary N) is 1. The van der Waals surface area contributed by atoms with Crippen LogP contribution >= 0.6 is 11.3 Å². The molecule has 0 aliphatic rings. The van der Waals surface area contributed by atoms with Gasteiger partial charge in [0.05, 0.1) is 24.5 Å². The molecule has 21 heavy (non-hydrogen) atoms. The maximum Gasteiger partial charge on any atom is 0.194 e. The van der Waals surface area contributed by atoms with E-state index in [9.17, 15) is 0 Å². The summed E-state index contributed by atoms with van der Waals surface area (Å²) in [5, 5.41) is 5.60. The second kappa shape index (κ2) is 6.28. The second-order valence-electron chi connectivity index (χ2n) is 4.95. The monoisotopic (exact) mass is 301 g/mol. The Morgan fingerprint density at radius 2 is 2.19 bits per heavy atom. The number of aryl methyl sites for hydroxylation is 1. The van der Waals surface area contributed by atoms with Crippen LogP contribution in [0.3, 0.4) is 0 Å². The van der Waals surface area contributed by atoms with Crippen molar-refractivity contribution < 1.29 is 4.74 Å². The Bertz CT molecular complexity index is 732. The summed E-state index contributed by atoms with van der Waals surface area (Å²) in [5.41, 5.74) is 4.75. The fraction of sp³-hybridized carbons (Fsp3) is 0.312. The smallest absolute Gasteiger partial charge is 0.194 e. The van der Waals surface area contributed by atoms with E-state index in [4.69, 9.17) is 4.74 Å². The number of hydrogen-bond acceptors (Lipinski definition) is 4. The first kappa shape index (κ1) is 14.1. The van der Waals surface area contributed by atoms with Crippen LogP contribution in [0.4, 0.5) is 5.69 Å². The first-order valence-corrected chi connectivity index (χ1v) is 7.89. The molecule has 3 aromatic rings. The van der Waals surface area contributed by atoms with Crippen LogP contribution in [0.5, 0.6) is 0 Å². The summed E-state index contributed by atoms with van der Waals surface area (Å²) < 4.78 is 7.33. The summed E-state index contributed by atoms with van der Waals surface area (Å²) >= 11 is 1.67. The van der Waals surface area contributed by atoms with Gasteiger partial charge in [-0.15, -0.1) is 11.3 Å². The number of para-hydroxylation sites is 1. The van der Waals surface area contributed by atoms with E-state index >= 15 is 0 Å². The molecular formula is C16H19N3OS. The van der Waals surface area contributed by atoms with Gasteiger partial charge in [-0.25, -0.2) is 4.98 Å². The van der Waals surface area contributed by atoms with Crippen molar-refractivity contribution in [1.29, 1.82) is 0 Å². The number of nitrogens with zero attached hydrogens (tertiary/aromatic N) is 2. The van der Waals surface area contributed by atoms with Crippen LogP contribution in [0, 0.1) is 6.92 Å². The van der Waals surface area contributed by atoms with Gasteiger partial charge < -0.3 is 10.1 Å². The molecule has 0 saturated heterocycles. The maximum atomic E-state index is 5.18. The fourth-order valence-electron chi connectivity index (χ4n) is 2.46. The quantitative estimate of drug-likeness (QED) is 0.757. The third-order valence-electron chi connectivity index (χ3n) is 3.60. The standard InChI is InChI=1S/C16H19N3OS/c1-12-15(19-8-10-21-16(19)18-12)11-17-14-6-4-3-5-13(14)7-9-20-2/h3-6,8,10,17H,7,9,11H2,1-2H3. The molecule has 2 aromatic heterocycles. The minimum Gasteiger partial charge on any atom is -0.384 e. The lowest BCUT2D eigenvalue weighted by Gasteiger charge is -2.12. The van der Waals surface area contributed by atoms with Crippen molar-refractivity contribution in [2.45, 2.75) is 19.9 Å². The minimum atomic E-state index is 0.735. The van der Waals surface area contributed by atoms with E-state index in [2.05, 4.69) is 57.5 Å². The van der Waals surface area contributed by atoms with Gasteiger partial charge in [0.25, 0.3) is 0 Å². The number of ether oxygens (including phenoxy) is 1. The second-order valence-corrected chi connectivity index (χ2v) is 5.83. The van der Waals surface area contributed by atoms with Gasteiger partial charge in [-0.2, -0.15) is 0 Å². The molecule has 0 aliphatic carbocycles. The highest BCUT2D eigenvalue weighted by Gasteiger charge is 2.10. The van der Waals surface area contributed by atoms with E-state index in [1.165, 1.54) is 16.9 Å².